The van der Waals surface area contributed by atoms with E-state index in [-0.39, 0.29) is 18.1 Å². The van der Waals surface area contributed by atoms with Crippen LogP contribution in [0.1, 0.15) is 31.4 Å². The molecule has 1 aromatic heterocycles. The topological polar surface area (TPSA) is 51.7 Å². The lowest BCUT2D eigenvalue weighted by molar-refractivity contribution is -0.154. The average Bonchev–Trinajstić information content (AvgIpc) is 2.71. The highest BCUT2D eigenvalue weighted by molar-refractivity contribution is 5.84. The highest BCUT2D eigenvalue weighted by Crippen LogP contribution is 2.43. The van der Waals surface area contributed by atoms with Crippen molar-refractivity contribution in [1.29, 1.82) is 0 Å². The van der Waals surface area contributed by atoms with Crippen molar-refractivity contribution in [3.8, 4) is 5.75 Å². The van der Waals surface area contributed by atoms with Gasteiger partial charge in [-0.25, -0.2) is 0 Å². The van der Waals surface area contributed by atoms with Crippen LogP contribution in [-0.2, 0) is 9.53 Å². The third-order valence-corrected chi connectivity index (χ3v) is 6.09. The average molecular weight is 366 g/mol. The number of piperidine rings is 3. The van der Waals surface area contributed by atoms with Gasteiger partial charge in [-0.05, 0) is 55.5 Å². The fourth-order valence-corrected chi connectivity index (χ4v) is 4.74. The molecule has 4 heterocycles. The standard InChI is InChI=1S/C22H26N2O3/c1-4-15-13-24-10-8-16(15)11-21(24)22(27-14(2)25)18-7-9-23-20-6-5-17(26-3)12-19(18)20/h4-7,9,12,15-16,21-22H,1,8,10-11,13H2,2-3H3/t15-,16-,21-,22-/m0/s1. The zero-order chi connectivity index (χ0) is 19.0. The Balaban J connectivity index is 1.76. The molecular formula is C22H26N2O3. The van der Waals surface area contributed by atoms with Crippen LogP contribution in [0.3, 0.4) is 0 Å². The summed E-state index contributed by atoms with van der Waals surface area (Å²) in [5.74, 6) is 1.66. The number of hydrogen-bond acceptors (Lipinski definition) is 5. The molecule has 3 saturated heterocycles. The van der Waals surface area contributed by atoms with Crippen LogP contribution in [0.25, 0.3) is 10.9 Å². The smallest absolute Gasteiger partial charge is 0.303 e. The van der Waals surface area contributed by atoms with Crippen LogP contribution in [0, 0.1) is 11.8 Å². The van der Waals surface area contributed by atoms with Crippen molar-refractivity contribution in [2.45, 2.75) is 31.9 Å². The van der Waals surface area contributed by atoms with Crippen LogP contribution in [0.2, 0.25) is 0 Å². The molecule has 142 valence electrons. The summed E-state index contributed by atoms with van der Waals surface area (Å²) in [5.41, 5.74) is 1.88. The molecule has 5 rings (SSSR count). The molecule has 2 aromatic rings. The molecule has 0 N–H and O–H groups in total. The molecule has 3 fully saturated rings. The second-order valence-corrected chi connectivity index (χ2v) is 7.56. The van der Waals surface area contributed by atoms with Gasteiger partial charge in [-0.3, -0.25) is 14.7 Å². The minimum atomic E-state index is -0.311. The number of hydrogen-bond donors (Lipinski definition) is 0. The number of rotatable bonds is 5. The second kappa shape index (κ2) is 7.31. The summed E-state index contributed by atoms with van der Waals surface area (Å²) in [6, 6.07) is 7.99. The van der Waals surface area contributed by atoms with Crippen molar-refractivity contribution in [2.24, 2.45) is 11.8 Å². The summed E-state index contributed by atoms with van der Waals surface area (Å²) in [7, 11) is 1.65. The van der Waals surface area contributed by atoms with E-state index in [1.165, 1.54) is 13.3 Å². The van der Waals surface area contributed by atoms with Gasteiger partial charge in [0.2, 0.25) is 0 Å². The number of esters is 1. The quantitative estimate of drug-likeness (QED) is 0.596. The minimum Gasteiger partial charge on any atom is -0.497 e. The third-order valence-electron chi connectivity index (χ3n) is 6.09. The largest absolute Gasteiger partial charge is 0.497 e. The lowest BCUT2D eigenvalue weighted by Crippen LogP contribution is -2.55. The van der Waals surface area contributed by atoms with Gasteiger partial charge in [-0.2, -0.15) is 0 Å². The number of benzene rings is 1. The molecule has 0 radical (unpaired) electrons. The Labute approximate surface area is 160 Å². The fraction of sp³-hybridized carbons (Fsp3) is 0.455. The van der Waals surface area contributed by atoms with Gasteiger partial charge in [0.25, 0.3) is 0 Å². The zero-order valence-electron chi connectivity index (χ0n) is 15.9. The van der Waals surface area contributed by atoms with E-state index in [4.69, 9.17) is 9.47 Å². The number of carbonyl (C=O) groups is 1. The van der Waals surface area contributed by atoms with Gasteiger partial charge >= 0.3 is 5.97 Å². The van der Waals surface area contributed by atoms with E-state index in [9.17, 15) is 4.79 Å². The van der Waals surface area contributed by atoms with Crippen molar-refractivity contribution in [3.63, 3.8) is 0 Å². The molecule has 27 heavy (non-hydrogen) atoms. The van der Waals surface area contributed by atoms with Gasteiger partial charge in [0.1, 0.15) is 11.9 Å². The van der Waals surface area contributed by atoms with Crippen LogP contribution in [0.15, 0.2) is 43.1 Å². The third kappa shape index (κ3) is 3.32. The van der Waals surface area contributed by atoms with Crippen LogP contribution in [0.4, 0.5) is 0 Å². The van der Waals surface area contributed by atoms with Crippen molar-refractivity contribution < 1.29 is 14.3 Å². The van der Waals surface area contributed by atoms with Crippen LogP contribution in [-0.4, -0.2) is 42.1 Å². The Morgan fingerprint density at radius 2 is 2.26 bits per heavy atom. The first-order chi connectivity index (χ1) is 13.1. The Morgan fingerprint density at radius 1 is 1.41 bits per heavy atom. The molecule has 5 nitrogen and oxygen atoms in total. The molecule has 5 atom stereocenters. The number of ether oxygens (including phenoxy) is 2. The van der Waals surface area contributed by atoms with Gasteiger partial charge < -0.3 is 9.47 Å². The molecule has 5 heteroatoms. The van der Waals surface area contributed by atoms with Crippen molar-refractivity contribution in [3.05, 3.63) is 48.7 Å². The molecule has 1 aromatic carbocycles. The van der Waals surface area contributed by atoms with E-state index in [0.717, 1.165) is 41.7 Å². The van der Waals surface area contributed by atoms with Gasteiger partial charge in [0.15, 0.2) is 0 Å². The molecule has 2 bridgehead atoms. The van der Waals surface area contributed by atoms with Crippen LogP contribution in [0.5, 0.6) is 5.75 Å². The van der Waals surface area contributed by atoms with E-state index in [1.807, 2.05) is 24.3 Å². The second-order valence-electron chi connectivity index (χ2n) is 7.56. The first-order valence-corrected chi connectivity index (χ1v) is 9.57. The predicted molar refractivity (Wildman–Crippen MR) is 105 cm³/mol. The Hall–Kier alpha value is -2.40. The molecule has 0 saturated carbocycles. The van der Waals surface area contributed by atoms with Gasteiger partial charge in [0, 0.05) is 30.6 Å². The van der Waals surface area contributed by atoms with E-state index < -0.39 is 0 Å². The molecule has 0 spiro atoms. The maximum absolute atomic E-state index is 12.0. The monoisotopic (exact) mass is 366 g/mol. The summed E-state index contributed by atoms with van der Waals surface area (Å²) in [6.07, 6.45) is 5.77. The number of nitrogens with zero attached hydrogens (tertiary/aromatic N) is 2. The molecule has 1 unspecified atom stereocenters. The molecule has 0 aliphatic carbocycles. The molecule has 0 amide bonds. The van der Waals surface area contributed by atoms with Gasteiger partial charge in [0.05, 0.1) is 18.7 Å². The minimum absolute atomic E-state index is 0.181. The highest BCUT2D eigenvalue weighted by atomic mass is 16.5. The Bertz CT molecular complexity index is 866. The summed E-state index contributed by atoms with van der Waals surface area (Å²) in [4.78, 5) is 18.9. The zero-order valence-corrected chi connectivity index (χ0v) is 15.9. The first kappa shape index (κ1) is 18.0. The maximum atomic E-state index is 12.0. The molecular weight excluding hydrogens is 340 g/mol. The SMILES string of the molecule is C=C[C@H]1CN2CC[C@H]1C[C@H]2[C@@H](OC(C)=O)c1ccnc2ccc(OC)cc12. The van der Waals surface area contributed by atoms with Crippen molar-refractivity contribution in [2.75, 3.05) is 20.2 Å². The lowest BCUT2D eigenvalue weighted by atomic mass is 9.73. The fourth-order valence-electron chi connectivity index (χ4n) is 4.74. The van der Waals surface area contributed by atoms with E-state index >= 15 is 0 Å². The van der Waals surface area contributed by atoms with E-state index in [0.29, 0.717) is 11.8 Å². The number of methoxy groups -OCH3 is 1. The summed E-state index contributed by atoms with van der Waals surface area (Å²) < 4.78 is 11.3. The van der Waals surface area contributed by atoms with E-state index in [2.05, 4.69) is 22.5 Å². The number of carbonyl (C=O) groups excluding carboxylic acids is 1. The van der Waals surface area contributed by atoms with Crippen molar-refractivity contribution >= 4 is 16.9 Å². The Kier molecular flexibility index (Phi) is 4.87. The maximum Gasteiger partial charge on any atom is 0.303 e. The van der Waals surface area contributed by atoms with Crippen molar-refractivity contribution in [1.82, 2.24) is 9.88 Å². The summed E-state index contributed by atoms with van der Waals surface area (Å²) in [5, 5.41) is 0.978. The molecule has 3 aliphatic rings. The predicted octanol–water partition coefficient (Wildman–Crippen LogP) is 3.74. The van der Waals surface area contributed by atoms with E-state index in [1.54, 1.807) is 13.3 Å². The number of pyridine rings is 1. The van der Waals surface area contributed by atoms with Gasteiger partial charge in [-0.1, -0.05) is 6.08 Å². The lowest BCUT2D eigenvalue weighted by Gasteiger charge is -2.51. The Morgan fingerprint density at radius 3 is 2.93 bits per heavy atom. The first-order valence-electron chi connectivity index (χ1n) is 9.57. The number of aromatic nitrogens is 1. The summed E-state index contributed by atoms with van der Waals surface area (Å²) >= 11 is 0. The summed E-state index contributed by atoms with van der Waals surface area (Å²) in [6.45, 7) is 7.53. The van der Waals surface area contributed by atoms with Gasteiger partial charge in [-0.15, -0.1) is 6.58 Å². The normalized spacial score (nSPS) is 27.9. The number of fused-ring (bicyclic) bond motifs is 4. The molecule has 3 aliphatic heterocycles. The van der Waals surface area contributed by atoms with Crippen LogP contribution >= 0.6 is 0 Å². The highest BCUT2D eigenvalue weighted by Gasteiger charge is 2.44. The van der Waals surface area contributed by atoms with Crippen LogP contribution < -0.4 is 4.74 Å².